The van der Waals surface area contributed by atoms with Crippen molar-refractivity contribution >= 4 is 5.91 Å². The quantitative estimate of drug-likeness (QED) is 0.801. The van der Waals surface area contributed by atoms with Gasteiger partial charge in [0.25, 0.3) is 0 Å². The van der Waals surface area contributed by atoms with Crippen LogP contribution in [-0.2, 0) is 4.79 Å². The number of nitrogens with two attached hydrogens (primary N) is 1. The number of likely N-dealkylation sites (tertiary alicyclic amines) is 1. The van der Waals surface area contributed by atoms with Crippen LogP contribution in [0.3, 0.4) is 0 Å². The van der Waals surface area contributed by atoms with Crippen LogP contribution in [0, 0.1) is 0 Å². The van der Waals surface area contributed by atoms with E-state index in [9.17, 15) is 4.79 Å². The second-order valence-electron chi connectivity index (χ2n) is 4.61. The molecule has 1 aromatic rings. The maximum atomic E-state index is 11.6. The lowest BCUT2D eigenvalue weighted by Gasteiger charge is -2.24. The third-order valence-electron chi connectivity index (χ3n) is 3.12. The molecular weight excluding hydrogens is 204 g/mol. The highest BCUT2D eigenvalue weighted by Gasteiger charge is 2.38. The maximum Gasteiger partial charge on any atom is 0.224 e. The SMILES string of the molecule is CC(C)n1nccc1[C@H]1[C@H](N)CC(=O)N1C. The van der Waals surface area contributed by atoms with E-state index in [0.717, 1.165) is 5.69 Å². The standard InChI is InChI=1S/C11H18N4O/c1-7(2)15-9(4-5-13-15)11-8(12)6-10(16)14(11)3/h4-5,7-8,11H,6,12H2,1-3H3/t8-,11-/m1/s1. The lowest BCUT2D eigenvalue weighted by atomic mass is 10.1. The third kappa shape index (κ3) is 1.61. The Hall–Kier alpha value is -1.36. The molecule has 0 unspecified atom stereocenters. The van der Waals surface area contributed by atoms with E-state index in [1.807, 2.05) is 10.7 Å². The van der Waals surface area contributed by atoms with Crippen molar-refractivity contribution in [1.82, 2.24) is 14.7 Å². The summed E-state index contributed by atoms with van der Waals surface area (Å²) in [6, 6.07) is 2.05. The molecule has 0 spiro atoms. The van der Waals surface area contributed by atoms with Crippen LogP contribution < -0.4 is 5.73 Å². The van der Waals surface area contributed by atoms with Gasteiger partial charge in [-0.25, -0.2) is 0 Å². The van der Waals surface area contributed by atoms with E-state index in [-0.39, 0.29) is 24.0 Å². The lowest BCUT2D eigenvalue weighted by molar-refractivity contribution is -0.127. The smallest absolute Gasteiger partial charge is 0.224 e. The number of hydrogen-bond donors (Lipinski definition) is 1. The van der Waals surface area contributed by atoms with E-state index >= 15 is 0 Å². The zero-order valence-electron chi connectivity index (χ0n) is 9.92. The Labute approximate surface area is 95.2 Å². The predicted molar refractivity (Wildman–Crippen MR) is 60.7 cm³/mol. The number of nitrogens with zero attached hydrogens (tertiary/aromatic N) is 3. The fourth-order valence-corrected chi connectivity index (χ4v) is 2.31. The second-order valence-corrected chi connectivity index (χ2v) is 4.61. The van der Waals surface area contributed by atoms with Gasteiger partial charge in [0.2, 0.25) is 5.91 Å². The van der Waals surface area contributed by atoms with Gasteiger partial charge in [0.1, 0.15) is 0 Å². The molecular formula is C11H18N4O. The van der Waals surface area contributed by atoms with Crippen LogP contribution in [0.1, 0.15) is 38.0 Å². The lowest BCUT2D eigenvalue weighted by Crippen LogP contribution is -2.32. The van der Waals surface area contributed by atoms with E-state index in [0.29, 0.717) is 6.42 Å². The molecule has 2 heterocycles. The fourth-order valence-electron chi connectivity index (χ4n) is 2.31. The minimum absolute atomic E-state index is 0.0441. The topological polar surface area (TPSA) is 64.2 Å². The van der Waals surface area contributed by atoms with Gasteiger partial charge in [0.15, 0.2) is 0 Å². The Bertz CT molecular complexity index is 398. The first-order valence-electron chi connectivity index (χ1n) is 5.57. The van der Waals surface area contributed by atoms with Crippen LogP contribution >= 0.6 is 0 Å². The molecule has 5 heteroatoms. The summed E-state index contributed by atoms with van der Waals surface area (Å²) in [6.45, 7) is 4.14. The van der Waals surface area contributed by atoms with Gasteiger partial charge in [-0.05, 0) is 19.9 Å². The third-order valence-corrected chi connectivity index (χ3v) is 3.12. The van der Waals surface area contributed by atoms with Gasteiger partial charge in [0, 0.05) is 31.7 Å². The average molecular weight is 222 g/mol. The summed E-state index contributed by atoms with van der Waals surface area (Å²) in [5.41, 5.74) is 7.04. The number of carbonyl (C=O) groups excluding carboxylic acids is 1. The summed E-state index contributed by atoms with van der Waals surface area (Å²) < 4.78 is 1.93. The van der Waals surface area contributed by atoms with Crippen LogP contribution in [0.2, 0.25) is 0 Å². The van der Waals surface area contributed by atoms with Crippen molar-refractivity contribution < 1.29 is 4.79 Å². The summed E-state index contributed by atoms with van der Waals surface area (Å²) in [4.78, 5) is 13.3. The molecule has 88 valence electrons. The van der Waals surface area contributed by atoms with Gasteiger partial charge in [-0.1, -0.05) is 0 Å². The van der Waals surface area contributed by atoms with Gasteiger partial charge in [0.05, 0.1) is 11.7 Å². The van der Waals surface area contributed by atoms with E-state index in [1.54, 1.807) is 18.1 Å². The summed E-state index contributed by atoms with van der Waals surface area (Å²) in [5.74, 6) is 0.106. The van der Waals surface area contributed by atoms with E-state index in [2.05, 4.69) is 18.9 Å². The van der Waals surface area contributed by atoms with Crippen molar-refractivity contribution in [1.29, 1.82) is 0 Å². The Balaban J connectivity index is 2.36. The number of carbonyl (C=O) groups is 1. The van der Waals surface area contributed by atoms with Crippen molar-refractivity contribution in [3.8, 4) is 0 Å². The molecule has 1 fully saturated rings. The van der Waals surface area contributed by atoms with E-state index in [1.165, 1.54) is 0 Å². The molecule has 0 aliphatic carbocycles. The van der Waals surface area contributed by atoms with Crippen LogP contribution in [-0.4, -0.2) is 33.7 Å². The monoisotopic (exact) mass is 222 g/mol. The highest BCUT2D eigenvalue weighted by Crippen LogP contribution is 2.31. The predicted octanol–water partition coefficient (Wildman–Crippen LogP) is 0.695. The number of rotatable bonds is 2. The number of aromatic nitrogens is 2. The summed E-state index contributed by atoms with van der Waals surface area (Å²) in [5, 5.41) is 4.28. The molecule has 1 saturated heterocycles. The van der Waals surface area contributed by atoms with Crippen LogP contribution in [0.25, 0.3) is 0 Å². The van der Waals surface area contributed by atoms with Gasteiger partial charge < -0.3 is 10.6 Å². The largest absolute Gasteiger partial charge is 0.336 e. The first-order chi connectivity index (χ1) is 7.52. The van der Waals surface area contributed by atoms with Gasteiger partial charge in [-0.15, -0.1) is 0 Å². The Kier molecular flexibility index (Phi) is 2.71. The Morgan fingerprint density at radius 2 is 2.25 bits per heavy atom. The molecule has 2 atom stereocenters. The van der Waals surface area contributed by atoms with Crippen molar-refractivity contribution in [3.05, 3.63) is 18.0 Å². The molecule has 0 bridgehead atoms. The molecule has 1 amide bonds. The van der Waals surface area contributed by atoms with Crippen molar-refractivity contribution in [2.75, 3.05) is 7.05 Å². The molecule has 1 aromatic heterocycles. The number of likely N-dealkylation sites (N-methyl/N-ethyl adjacent to an activating group) is 1. The van der Waals surface area contributed by atoms with Gasteiger partial charge in [-0.2, -0.15) is 5.10 Å². The number of amides is 1. The minimum atomic E-state index is -0.133. The molecule has 1 aliphatic rings. The molecule has 2 rings (SSSR count). The average Bonchev–Trinajstić information content (AvgIpc) is 2.73. The summed E-state index contributed by atoms with van der Waals surface area (Å²) in [7, 11) is 1.80. The molecule has 0 saturated carbocycles. The fraction of sp³-hybridized carbons (Fsp3) is 0.636. The van der Waals surface area contributed by atoms with Crippen molar-refractivity contribution in [2.45, 2.75) is 38.4 Å². The van der Waals surface area contributed by atoms with Crippen molar-refractivity contribution in [2.24, 2.45) is 5.73 Å². The number of hydrogen-bond acceptors (Lipinski definition) is 3. The van der Waals surface area contributed by atoms with Gasteiger partial charge >= 0.3 is 0 Å². The minimum Gasteiger partial charge on any atom is -0.336 e. The molecule has 5 nitrogen and oxygen atoms in total. The zero-order chi connectivity index (χ0) is 11.9. The summed E-state index contributed by atoms with van der Waals surface area (Å²) in [6.07, 6.45) is 2.18. The van der Waals surface area contributed by atoms with Gasteiger partial charge in [-0.3, -0.25) is 9.48 Å². The zero-order valence-corrected chi connectivity index (χ0v) is 9.92. The second kappa shape index (κ2) is 3.90. The first kappa shape index (κ1) is 11.1. The van der Waals surface area contributed by atoms with Crippen molar-refractivity contribution in [3.63, 3.8) is 0 Å². The molecule has 2 N–H and O–H groups in total. The van der Waals surface area contributed by atoms with E-state index < -0.39 is 0 Å². The summed E-state index contributed by atoms with van der Waals surface area (Å²) >= 11 is 0. The van der Waals surface area contributed by atoms with Crippen LogP contribution in [0.15, 0.2) is 12.3 Å². The maximum absolute atomic E-state index is 11.6. The molecule has 16 heavy (non-hydrogen) atoms. The van der Waals surface area contributed by atoms with E-state index in [4.69, 9.17) is 5.73 Å². The highest BCUT2D eigenvalue weighted by molar-refractivity contribution is 5.79. The molecule has 0 radical (unpaired) electrons. The normalized spacial score (nSPS) is 25.8. The van der Waals surface area contributed by atoms with Crippen LogP contribution in [0.4, 0.5) is 0 Å². The first-order valence-corrected chi connectivity index (χ1v) is 5.57. The van der Waals surface area contributed by atoms with Crippen LogP contribution in [0.5, 0.6) is 0 Å². The Morgan fingerprint density at radius 3 is 2.75 bits per heavy atom. The molecule has 1 aliphatic heterocycles. The Morgan fingerprint density at radius 1 is 1.56 bits per heavy atom. The molecule has 0 aromatic carbocycles. The highest BCUT2D eigenvalue weighted by atomic mass is 16.2.